The average molecular weight is 259 g/mol. The zero-order valence-corrected chi connectivity index (χ0v) is 10.8. The van der Waals surface area contributed by atoms with E-state index in [9.17, 15) is 14.4 Å². The van der Waals surface area contributed by atoms with Gasteiger partial charge in [-0.25, -0.2) is 4.79 Å². The predicted octanol–water partition coefficient (Wildman–Crippen LogP) is 0.0651. The SMILES string of the molecule is CCCC(CC(=O)O)NC(=O)NCCC(=O)NC. The molecule has 0 saturated carbocycles. The number of carbonyl (C=O) groups is 3. The molecule has 7 nitrogen and oxygen atoms in total. The van der Waals surface area contributed by atoms with Crippen molar-refractivity contribution in [1.29, 1.82) is 0 Å². The highest BCUT2D eigenvalue weighted by Crippen LogP contribution is 2.01. The largest absolute Gasteiger partial charge is 0.481 e. The minimum atomic E-state index is -0.945. The van der Waals surface area contributed by atoms with Crippen LogP contribution in [-0.4, -0.2) is 42.6 Å². The van der Waals surface area contributed by atoms with Gasteiger partial charge in [-0.1, -0.05) is 13.3 Å². The summed E-state index contributed by atoms with van der Waals surface area (Å²) in [7, 11) is 1.52. The molecule has 0 radical (unpaired) electrons. The van der Waals surface area contributed by atoms with Crippen molar-refractivity contribution in [2.24, 2.45) is 0 Å². The third kappa shape index (κ3) is 8.37. The molecule has 7 heteroatoms. The fraction of sp³-hybridized carbons (Fsp3) is 0.727. The molecule has 0 aromatic heterocycles. The molecule has 1 unspecified atom stereocenters. The first-order valence-corrected chi connectivity index (χ1v) is 5.96. The highest BCUT2D eigenvalue weighted by atomic mass is 16.4. The molecule has 0 aliphatic heterocycles. The molecule has 0 aliphatic carbocycles. The Morgan fingerprint density at radius 3 is 2.44 bits per heavy atom. The van der Waals surface area contributed by atoms with Gasteiger partial charge in [0, 0.05) is 26.1 Å². The second kappa shape index (κ2) is 9.26. The van der Waals surface area contributed by atoms with E-state index < -0.39 is 12.0 Å². The monoisotopic (exact) mass is 259 g/mol. The zero-order valence-electron chi connectivity index (χ0n) is 10.8. The van der Waals surface area contributed by atoms with Crippen molar-refractivity contribution in [3.63, 3.8) is 0 Å². The van der Waals surface area contributed by atoms with Crippen molar-refractivity contribution in [1.82, 2.24) is 16.0 Å². The van der Waals surface area contributed by atoms with Gasteiger partial charge in [-0.3, -0.25) is 9.59 Å². The quantitative estimate of drug-likeness (QED) is 0.494. The van der Waals surface area contributed by atoms with Crippen molar-refractivity contribution in [2.45, 2.75) is 38.6 Å². The van der Waals surface area contributed by atoms with Crippen LogP contribution in [-0.2, 0) is 9.59 Å². The van der Waals surface area contributed by atoms with Gasteiger partial charge in [-0.05, 0) is 6.42 Å². The van der Waals surface area contributed by atoms with Crippen LogP contribution in [0, 0.1) is 0 Å². The highest BCUT2D eigenvalue weighted by molar-refractivity contribution is 5.78. The van der Waals surface area contributed by atoms with Gasteiger partial charge in [-0.2, -0.15) is 0 Å². The minimum absolute atomic E-state index is 0.100. The summed E-state index contributed by atoms with van der Waals surface area (Å²) >= 11 is 0. The van der Waals surface area contributed by atoms with E-state index in [0.29, 0.717) is 6.42 Å². The van der Waals surface area contributed by atoms with Crippen LogP contribution in [0.1, 0.15) is 32.6 Å². The maximum atomic E-state index is 11.4. The van der Waals surface area contributed by atoms with E-state index in [1.165, 1.54) is 7.05 Å². The Bertz CT molecular complexity index is 294. The van der Waals surface area contributed by atoms with Crippen molar-refractivity contribution >= 4 is 17.9 Å². The van der Waals surface area contributed by atoms with Gasteiger partial charge in [0.25, 0.3) is 0 Å². The fourth-order valence-electron chi connectivity index (χ4n) is 1.44. The maximum absolute atomic E-state index is 11.4. The molecule has 0 aliphatic rings. The fourth-order valence-corrected chi connectivity index (χ4v) is 1.44. The third-order valence-corrected chi connectivity index (χ3v) is 2.31. The van der Waals surface area contributed by atoms with Crippen LogP contribution in [0.25, 0.3) is 0 Å². The molecule has 1 atom stereocenters. The summed E-state index contributed by atoms with van der Waals surface area (Å²) < 4.78 is 0. The lowest BCUT2D eigenvalue weighted by Crippen LogP contribution is -2.43. The molecule has 0 fully saturated rings. The van der Waals surface area contributed by atoms with Crippen LogP contribution in [0.15, 0.2) is 0 Å². The van der Waals surface area contributed by atoms with E-state index in [1.54, 1.807) is 0 Å². The number of urea groups is 1. The normalized spacial score (nSPS) is 11.4. The van der Waals surface area contributed by atoms with Gasteiger partial charge in [0.1, 0.15) is 0 Å². The smallest absolute Gasteiger partial charge is 0.315 e. The van der Waals surface area contributed by atoms with Crippen LogP contribution in [0.2, 0.25) is 0 Å². The standard InChI is InChI=1S/C11H21N3O4/c1-3-4-8(7-10(16)17)14-11(18)13-6-5-9(15)12-2/h8H,3-7H2,1-2H3,(H,12,15)(H,16,17)(H2,13,14,18). The Morgan fingerprint density at radius 2 is 1.94 bits per heavy atom. The molecular formula is C11H21N3O4. The first kappa shape index (κ1) is 16.2. The summed E-state index contributed by atoms with van der Waals surface area (Å²) in [5.41, 5.74) is 0. The number of carboxylic acid groups (broad SMARTS) is 1. The van der Waals surface area contributed by atoms with Gasteiger partial charge >= 0.3 is 12.0 Å². The number of hydrogen-bond acceptors (Lipinski definition) is 3. The molecule has 0 spiro atoms. The molecule has 0 saturated heterocycles. The number of rotatable bonds is 8. The van der Waals surface area contributed by atoms with Gasteiger partial charge in [0.2, 0.25) is 5.91 Å². The Kier molecular flexibility index (Phi) is 8.34. The Labute approximate surface area is 106 Å². The molecule has 0 aromatic carbocycles. The summed E-state index contributed by atoms with van der Waals surface area (Å²) in [6.07, 6.45) is 1.49. The molecule has 0 bridgehead atoms. The minimum Gasteiger partial charge on any atom is -0.481 e. The Morgan fingerprint density at radius 1 is 1.28 bits per heavy atom. The summed E-state index contributed by atoms with van der Waals surface area (Å²) in [6, 6.07) is -0.828. The number of aliphatic carboxylic acids is 1. The van der Waals surface area contributed by atoms with Crippen LogP contribution in [0.3, 0.4) is 0 Å². The number of nitrogens with one attached hydrogen (secondary N) is 3. The van der Waals surface area contributed by atoms with E-state index in [1.807, 2.05) is 6.92 Å². The van der Waals surface area contributed by atoms with Gasteiger partial charge in [0.15, 0.2) is 0 Å². The molecule has 0 heterocycles. The van der Waals surface area contributed by atoms with E-state index in [0.717, 1.165) is 6.42 Å². The van der Waals surface area contributed by atoms with Gasteiger partial charge in [0.05, 0.1) is 6.42 Å². The number of hydrogen-bond donors (Lipinski definition) is 4. The van der Waals surface area contributed by atoms with Crippen LogP contribution >= 0.6 is 0 Å². The predicted molar refractivity (Wildman–Crippen MR) is 66.2 cm³/mol. The van der Waals surface area contributed by atoms with Crippen LogP contribution in [0.4, 0.5) is 4.79 Å². The summed E-state index contributed by atoms with van der Waals surface area (Å²) in [5, 5.41) is 16.2. The number of amides is 3. The lowest BCUT2D eigenvalue weighted by atomic mass is 10.1. The first-order valence-electron chi connectivity index (χ1n) is 5.96. The topological polar surface area (TPSA) is 108 Å². The van der Waals surface area contributed by atoms with E-state index in [4.69, 9.17) is 5.11 Å². The summed E-state index contributed by atoms with van der Waals surface area (Å²) in [5.74, 6) is -1.11. The molecule has 18 heavy (non-hydrogen) atoms. The molecule has 4 N–H and O–H groups in total. The molecule has 104 valence electrons. The van der Waals surface area contributed by atoms with Crippen molar-refractivity contribution in [3.05, 3.63) is 0 Å². The lowest BCUT2D eigenvalue weighted by molar-refractivity contribution is -0.137. The second-order valence-corrected chi connectivity index (χ2v) is 3.91. The maximum Gasteiger partial charge on any atom is 0.315 e. The van der Waals surface area contributed by atoms with Gasteiger partial charge in [-0.15, -0.1) is 0 Å². The number of carbonyl (C=O) groups excluding carboxylic acids is 2. The van der Waals surface area contributed by atoms with E-state index >= 15 is 0 Å². The molecule has 0 aromatic rings. The van der Waals surface area contributed by atoms with Crippen LogP contribution < -0.4 is 16.0 Å². The molecule has 0 rings (SSSR count). The zero-order chi connectivity index (χ0) is 14.0. The summed E-state index contributed by atoms with van der Waals surface area (Å²) in [6.45, 7) is 2.14. The Balaban J connectivity index is 3.94. The Hall–Kier alpha value is -1.79. The van der Waals surface area contributed by atoms with Gasteiger partial charge < -0.3 is 21.1 Å². The first-order chi connectivity index (χ1) is 8.49. The third-order valence-electron chi connectivity index (χ3n) is 2.31. The van der Waals surface area contributed by atoms with E-state index in [2.05, 4.69) is 16.0 Å². The molecular weight excluding hydrogens is 238 g/mol. The average Bonchev–Trinajstić information content (AvgIpc) is 2.28. The lowest BCUT2D eigenvalue weighted by Gasteiger charge is -2.16. The second-order valence-electron chi connectivity index (χ2n) is 3.91. The highest BCUT2D eigenvalue weighted by Gasteiger charge is 2.14. The van der Waals surface area contributed by atoms with Crippen molar-refractivity contribution < 1.29 is 19.5 Å². The summed E-state index contributed by atoms with van der Waals surface area (Å²) in [4.78, 5) is 32.9. The van der Waals surface area contributed by atoms with E-state index in [-0.39, 0.29) is 31.3 Å². The number of carboxylic acids is 1. The van der Waals surface area contributed by atoms with Crippen molar-refractivity contribution in [3.8, 4) is 0 Å². The van der Waals surface area contributed by atoms with Crippen LogP contribution in [0.5, 0.6) is 0 Å². The van der Waals surface area contributed by atoms with Crippen molar-refractivity contribution in [2.75, 3.05) is 13.6 Å². The molecule has 3 amide bonds.